The van der Waals surface area contributed by atoms with E-state index in [9.17, 15) is 10.1 Å². The van der Waals surface area contributed by atoms with Crippen LogP contribution in [0.2, 0.25) is 0 Å². The number of hydrogen-bond acceptors (Lipinski definition) is 8. The number of nitrogens with one attached hydrogen (secondary N) is 4. The zero-order valence-corrected chi connectivity index (χ0v) is 27.5. The second kappa shape index (κ2) is 16.5. The Morgan fingerprint density at radius 1 is 1.15 bits per heavy atom. The van der Waals surface area contributed by atoms with Crippen molar-refractivity contribution in [2.45, 2.75) is 117 Å². The number of nitrogens with zero attached hydrogens (tertiary/aromatic N) is 2. The number of rotatable bonds is 12. The Kier molecular flexibility index (Phi) is 13.5. The van der Waals surface area contributed by atoms with E-state index in [0.717, 1.165) is 51.6 Å². The zero-order valence-electron chi connectivity index (χ0n) is 25.1. The predicted octanol–water partition coefficient (Wildman–Crippen LogP) is 2.76. The van der Waals surface area contributed by atoms with Gasteiger partial charge < -0.3 is 35.6 Å². The molecule has 2 aliphatic carbocycles. The third-order valence-electron chi connectivity index (χ3n) is 9.51. The molecule has 4 N–H and O–H groups in total. The SMILES string of the molecule is CCOC1CC2NCC(C#N)C(NC3CCC(OCC4NCCCC4Br)C(Cl)C3)C2CC1NC(=O)CCCN(C)C. The molecule has 0 radical (unpaired) electrons. The number of amides is 1. The van der Waals surface area contributed by atoms with Crippen LogP contribution in [-0.4, -0.2) is 110 Å². The van der Waals surface area contributed by atoms with Crippen molar-refractivity contribution in [3.05, 3.63) is 0 Å². The first-order valence-corrected chi connectivity index (χ1v) is 17.2. The van der Waals surface area contributed by atoms with Crippen molar-refractivity contribution in [2.75, 3.05) is 46.9 Å². The molecule has 2 saturated heterocycles. The predicted molar refractivity (Wildman–Crippen MR) is 166 cm³/mol. The number of carbonyl (C=O) groups is 1. The molecule has 0 spiro atoms. The summed E-state index contributed by atoms with van der Waals surface area (Å²) in [5.41, 5.74) is 0. The van der Waals surface area contributed by atoms with Crippen molar-refractivity contribution in [1.82, 2.24) is 26.2 Å². The van der Waals surface area contributed by atoms with E-state index in [1.54, 1.807) is 0 Å². The summed E-state index contributed by atoms with van der Waals surface area (Å²) in [7, 11) is 4.05. The Bertz CT molecular complexity index is 865. The van der Waals surface area contributed by atoms with Crippen molar-refractivity contribution in [1.29, 1.82) is 5.26 Å². The molecule has 41 heavy (non-hydrogen) atoms. The van der Waals surface area contributed by atoms with Gasteiger partial charge in [-0.3, -0.25) is 4.79 Å². The molecule has 0 aromatic rings. The van der Waals surface area contributed by atoms with Crippen molar-refractivity contribution in [2.24, 2.45) is 11.8 Å². The molecule has 234 valence electrons. The van der Waals surface area contributed by atoms with Crippen LogP contribution < -0.4 is 21.3 Å². The highest BCUT2D eigenvalue weighted by molar-refractivity contribution is 9.09. The van der Waals surface area contributed by atoms with Crippen LogP contribution in [0.25, 0.3) is 0 Å². The Balaban J connectivity index is 1.34. The lowest BCUT2D eigenvalue weighted by Crippen LogP contribution is -2.66. The Morgan fingerprint density at radius 2 is 1.98 bits per heavy atom. The summed E-state index contributed by atoms with van der Waals surface area (Å²) in [6, 6.07) is 3.40. The van der Waals surface area contributed by atoms with Crippen molar-refractivity contribution in [3.8, 4) is 6.07 Å². The molecular weight excluding hydrogens is 608 g/mol. The molecular formula is C30H52BrClN6O3. The van der Waals surface area contributed by atoms with Gasteiger partial charge in [0.2, 0.25) is 5.91 Å². The molecule has 2 saturated carbocycles. The van der Waals surface area contributed by atoms with Crippen LogP contribution in [0.5, 0.6) is 0 Å². The molecule has 11 atom stereocenters. The van der Waals surface area contributed by atoms with E-state index in [1.807, 2.05) is 21.0 Å². The smallest absolute Gasteiger partial charge is 0.220 e. The van der Waals surface area contributed by atoms with E-state index >= 15 is 0 Å². The first-order chi connectivity index (χ1) is 19.8. The lowest BCUT2D eigenvalue weighted by atomic mass is 9.69. The van der Waals surface area contributed by atoms with Gasteiger partial charge in [0, 0.05) is 48.6 Å². The molecule has 0 aromatic carbocycles. The van der Waals surface area contributed by atoms with E-state index in [0.29, 0.717) is 37.0 Å². The molecule has 4 aliphatic rings. The van der Waals surface area contributed by atoms with Crippen LogP contribution in [0, 0.1) is 23.2 Å². The van der Waals surface area contributed by atoms with E-state index in [1.165, 1.54) is 12.8 Å². The summed E-state index contributed by atoms with van der Waals surface area (Å²) in [6.45, 7) is 5.91. The molecule has 4 fully saturated rings. The van der Waals surface area contributed by atoms with Gasteiger partial charge >= 0.3 is 0 Å². The minimum Gasteiger partial charge on any atom is -0.376 e. The minimum absolute atomic E-state index is 0.0246. The number of halogens is 2. The number of nitriles is 1. The van der Waals surface area contributed by atoms with Crippen LogP contribution in [0.3, 0.4) is 0 Å². The molecule has 1 amide bonds. The largest absolute Gasteiger partial charge is 0.376 e. The average molecular weight is 660 g/mol. The lowest BCUT2D eigenvalue weighted by molar-refractivity contribution is -0.124. The first kappa shape index (κ1) is 33.4. The summed E-state index contributed by atoms with van der Waals surface area (Å²) >= 11 is 10.7. The Hall–Kier alpha value is -0.510. The fourth-order valence-corrected chi connectivity index (χ4v) is 8.36. The molecule has 0 aromatic heterocycles. The van der Waals surface area contributed by atoms with E-state index in [2.05, 4.69) is 48.2 Å². The maximum atomic E-state index is 12.9. The topological polar surface area (TPSA) is 111 Å². The third kappa shape index (κ3) is 9.49. The highest BCUT2D eigenvalue weighted by Gasteiger charge is 2.47. The number of fused-ring (bicyclic) bond motifs is 1. The molecule has 11 unspecified atom stereocenters. The van der Waals surface area contributed by atoms with Crippen LogP contribution in [0.15, 0.2) is 0 Å². The fraction of sp³-hybridized carbons (Fsp3) is 0.933. The van der Waals surface area contributed by atoms with Gasteiger partial charge in [-0.2, -0.15) is 5.26 Å². The average Bonchev–Trinajstić information content (AvgIpc) is 2.94. The molecule has 4 rings (SSSR count). The van der Waals surface area contributed by atoms with E-state index < -0.39 is 0 Å². The van der Waals surface area contributed by atoms with E-state index in [-0.39, 0.29) is 59.5 Å². The second-order valence-corrected chi connectivity index (χ2v) is 14.5. The fourth-order valence-electron chi connectivity index (χ4n) is 7.29. The summed E-state index contributed by atoms with van der Waals surface area (Å²) in [4.78, 5) is 15.4. The maximum Gasteiger partial charge on any atom is 0.220 e. The Labute approximate surface area is 260 Å². The first-order valence-electron chi connectivity index (χ1n) is 15.9. The number of ether oxygens (including phenoxy) is 2. The van der Waals surface area contributed by atoms with Crippen molar-refractivity contribution < 1.29 is 14.3 Å². The van der Waals surface area contributed by atoms with Crippen LogP contribution in [0.1, 0.15) is 64.7 Å². The Morgan fingerprint density at radius 3 is 2.68 bits per heavy atom. The van der Waals surface area contributed by atoms with Gasteiger partial charge in [0.15, 0.2) is 0 Å². The van der Waals surface area contributed by atoms with Crippen LogP contribution in [-0.2, 0) is 14.3 Å². The molecule has 11 heteroatoms. The third-order valence-corrected chi connectivity index (χ3v) is 11.1. The van der Waals surface area contributed by atoms with Gasteiger partial charge in [-0.1, -0.05) is 15.9 Å². The molecule has 0 bridgehead atoms. The number of carbonyl (C=O) groups excluding carboxylic acids is 1. The number of hydrogen-bond donors (Lipinski definition) is 4. The van der Waals surface area contributed by atoms with Gasteiger partial charge in [0.05, 0.1) is 42.2 Å². The second-order valence-electron chi connectivity index (χ2n) is 12.8. The maximum absolute atomic E-state index is 12.9. The molecule has 2 heterocycles. The standard InChI is InChI=1S/C30H52BrClN6O3/c1-4-40-28-15-24-21(14-25(28)37-29(39)8-6-12-38(2)3)30(19(16-33)17-35-24)36-20-9-10-27(23(32)13-20)41-18-26-22(31)7-5-11-34-26/h19-28,30,34-36H,4-15,17-18H2,1-3H3,(H,37,39). The van der Waals surface area contributed by atoms with Gasteiger partial charge in [-0.25, -0.2) is 0 Å². The zero-order chi connectivity index (χ0) is 29.4. The monoisotopic (exact) mass is 658 g/mol. The highest BCUT2D eigenvalue weighted by Crippen LogP contribution is 2.36. The molecule has 2 aliphatic heterocycles. The van der Waals surface area contributed by atoms with Gasteiger partial charge in [0.1, 0.15) is 0 Å². The quantitative estimate of drug-likeness (QED) is 0.237. The van der Waals surface area contributed by atoms with Crippen molar-refractivity contribution >= 4 is 33.4 Å². The van der Waals surface area contributed by atoms with Gasteiger partial charge in [-0.05, 0) is 91.4 Å². The lowest BCUT2D eigenvalue weighted by Gasteiger charge is -2.50. The highest BCUT2D eigenvalue weighted by atomic mass is 79.9. The van der Waals surface area contributed by atoms with Gasteiger partial charge in [-0.15, -0.1) is 11.6 Å². The van der Waals surface area contributed by atoms with Crippen LogP contribution in [0.4, 0.5) is 0 Å². The minimum atomic E-state index is -0.132. The summed E-state index contributed by atoms with van der Waals surface area (Å²) in [5.74, 6) is 0.184. The van der Waals surface area contributed by atoms with Crippen LogP contribution >= 0.6 is 27.5 Å². The number of alkyl halides is 2. The van der Waals surface area contributed by atoms with E-state index in [4.69, 9.17) is 21.1 Å². The number of piperidine rings is 2. The summed E-state index contributed by atoms with van der Waals surface area (Å²) in [5, 5.41) is 24.5. The van der Waals surface area contributed by atoms with Gasteiger partial charge in [0.25, 0.3) is 0 Å². The summed E-state index contributed by atoms with van der Waals surface area (Å²) in [6.07, 6.45) is 8.10. The molecule has 9 nitrogen and oxygen atoms in total. The van der Waals surface area contributed by atoms with Crippen molar-refractivity contribution in [3.63, 3.8) is 0 Å². The summed E-state index contributed by atoms with van der Waals surface area (Å²) < 4.78 is 12.5. The normalized spacial score (nSPS) is 39.6.